The van der Waals surface area contributed by atoms with Crippen LogP contribution < -0.4 is 20.1 Å². The molecule has 0 bridgehead atoms. The van der Waals surface area contributed by atoms with Crippen LogP contribution in [0.1, 0.15) is 18.1 Å². The van der Waals surface area contributed by atoms with E-state index in [9.17, 15) is 23.2 Å². The van der Waals surface area contributed by atoms with Gasteiger partial charge >= 0.3 is 12.6 Å². The van der Waals surface area contributed by atoms with Crippen molar-refractivity contribution in [3.63, 3.8) is 0 Å². The number of carbonyl (C=O) groups excluding carboxylic acids is 3. The second kappa shape index (κ2) is 9.63. The smallest absolute Gasteiger partial charge is 0.387 e. The summed E-state index contributed by atoms with van der Waals surface area (Å²) in [5.74, 6) is -0.551. The lowest BCUT2D eigenvalue weighted by atomic mass is 9.92. The average molecular weight is 447 g/mol. The molecule has 1 heterocycles. The van der Waals surface area contributed by atoms with Gasteiger partial charge in [-0.3, -0.25) is 14.5 Å². The predicted molar refractivity (Wildman–Crippen MR) is 110 cm³/mol. The van der Waals surface area contributed by atoms with Crippen LogP contribution >= 0.6 is 0 Å². The van der Waals surface area contributed by atoms with Gasteiger partial charge in [0.05, 0.1) is 6.54 Å². The largest absolute Gasteiger partial charge is 0.492 e. The number of carbonyl (C=O) groups is 3. The summed E-state index contributed by atoms with van der Waals surface area (Å²) in [6, 6.07) is 12.1. The second-order valence-electron chi connectivity index (χ2n) is 7.36. The van der Waals surface area contributed by atoms with E-state index in [0.717, 1.165) is 10.5 Å². The number of aryl methyl sites for hydroxylation is 1. The highest BCUT2D eigenvalue weighted by molar-refractivity contribution is 6.09. The summed E-state index contributed by atoms with van der Waals surface area (Å²) in [5, 5.41) is 5.15. The molecule has 4 amide bonds. The molecule has 170 valence electrons. The lowest BCUT2D eigenvalue weighted by molar-refractivity contribution is -0.134. The number of hydrogen-bond donors (Lipinski definition) is 2. The van der Waals surface area contributed by atoms with E-state index in [1.165, 1.54) is 31.2 Å². The molecule has 1 fully saturated rings. The maximum absolute atomic E-state index is 12.9. The first-order valence-corrected chi connectivity index (χ1v) is 9.84. The first-order chi connectivity index (χ1) is 15.2. The SMILES string of the molecule is Cc1cccc(OCCNC(=O)CN2C(=O)NC(C)(c3ccc(OC(F)F)cc3)C2=O)c1. The maximum atomic E-state index is 12.9. The molecule has 1 aliphatic heterocycles. The molecule has 2 aromatic carbocycles. The molecule has 2 N–H and O–H groups in total. The Kier molecular flexibility index (Phi) is 6.92. The van der Waals surface area contributed by atoms with Crippen molar-refractivity contribution in [3.8, 4) is 11.5 Å². The Balaban J connectivity index is 1.54. The minimum atomic E-state index is -2.97. The van der Waals surface area contributed by atoms with Gasteiger partial charge in [-0.25, -0.2) is 4.79 Å². The van der Waals surface area contributed by atoms with E-state index in [1.54, 1.807) is 6.07 Å². The summed E-state index contributed by atoms with van der Waals surface area (Å²) in [6.07, 6.45) is 0. The van der Waals surface area contributed by atoms with Crippen LogP contribution in [-0.2, 0) is 15.1 Å². The third-order valence-corrected chi connectivity index (χ3v) is 4.92. The maximum Gasteiger partial charge on any atom is 0.387 e. The Morgan fingerprint density at radius 3 is 2.53 bits per heavy atom. The zero-order valence-electron chi connectivity index (χ0n) is 17.6. The highest BCUT2D eigenvalue weighted by atomic mass is 19.3. The van der Waals surface area contributed by atoms with Gasteiger partial charge in [0, 0.05) is 0 Å². The minimum absolute atomic E-state index is 0.0757. The molecular weight excluding hydrogens is 424 g/mol. The van der Waals surface area contributed by atoms with Gasteiger partial charge in [-0.15, -0.1) is 0 Å². The van der Waals surface area contributed by atoms with Crippen molar-refractivity contribution in [1.29, 1.82) is 0 Å². The van der Waals surface area contributed by atoms with Crippen LogP contribution in [0.15, 0.2) is 48.5 Å². The molecule has 1 saturated heterocycles. The van der Waals surface area contributed by atoms with Crippen LogP contribution in [0, 0.1) is 6.92 Å². The Bertz CT molecular complexity index is 999. The molecule has 8 nitrogen and oxygen atoms in total. The Morgan fingerprint density at radius 2 is 1.88 bits per heavy atom. The number of rotatable bonds is 9. The molecule has 0 radical (unpaired) electrons. The van der Waals surface area contributed by atoms with E-state index in [-0.39, 0.29) is 18.9 Å². The molecule has 1 aliphatic rings. The number of nitrogens with one attached hydrogen (secondary N) is 2. The van der Waals surface area contributed by atoms with E-state index < -0.39 is 36.5 Å². The van der Waals surface area contributed by atoms with Gasteiger partial charge in [0.25, 0.3) is 5.91 Å². The third kappa shape index (κ3) is 5.32. The van der Waals surface area contributed by atoms with E-state index in [1.807, 2.05) is 25.1 Å². The zero-order valence-corrected chi connectivity index (χ0v) is 17.6. The molecule has 1 unspecified atom stereocenters. The van der Waals surface area contributed by atoms with Crippen LogP contribution in [-0.4, -0.2) is 49.1 Å². The van der Waals surface area contributed by atoms with Crippen molar-refractivity contribution in [2.45, 2.75) is 26.0 Å². The average Bonchev–Trinajstić information content (AvgIpc) is 2.95. The van der Waals surface area contributed by atoms with Crippen LogP contribution in [0.25, 0.3) is 0 Å². The number of nitrogens with zero attached hydrogens (tertiary/aromatic N) is 1. The summed E-state index contributed by atoms with van der Waals surface area (Å²) < 4.78 is 34.5. The number of alkyl halides is 2. The fourth-order valence-electron chi connectivity index (χ4n) is 3.27. The van der Waals surface area contributed by atoms with Crippen molar-refractivity contribution < 1.29 is 32.6 Å². The predicted octanol–water partition coefficient (Wildman–Crippen LogP) is 2.56. The van der Waals surface area contributed by atoms with Gasteiger partial charge in [-0.2, -0.15) is 8.78 Å². The molecule has 32 heavy (non-hydrogen) atoms. The standard InChI is InChI=1S/C22H23F2N3O5/c1-14-4-3-5-17(12-14)31-11-10-25-18(28)13-27-19(29)22(2,26-21(27)30)15-6-8-16(9-7-15)32-20(23)24/h3-9,12,20H,10-11,13H2,1-2H3,(H,25,28)(H,26,30). The van der Waals surface area contributed by atoms with E-state index in [0.29, 0.717) is 11.3 Å². The molecule has 3 rings (SSSR count). The van der Waals surface area contributed by atoms with Gasteiger partial charge in [0.1, 0.15) is 30.2 Å². The summed E-state index contributed by atoms with van der Waals surface area (Å²) in [5.41, 5.74) is -0.0223. The molecule has 0 saturated carbocycles. The second-order valence-corrected chi connectivity index (χ2v) is 7.36. The van der Waals surface area contributed by atoms with E-state index >= 15 is 0 Å². The topological polar surface area (TPSA) is 97.0 Å². The normalized spacial score (nSPS) is 18.0. The van der Waals surface area contributed by atoms with Gasteiger partial charge in [0.2, 0.25) is 5.91 Å². The van der Waals surface area contributed by atoms with Crippen LogP contribution in [0.2, 0.25) is 0 Å². The fraction of sp³-hybridized carbons (Fsp3) is 0.318. The molecule has 10 heteroatoms. The number of ether oxygens (including phenoxy) is 2. The third-order valence-electron chi connectivity index (χ3n) is 4.92. The molecular formula is C22H23F2N3O5. The van der Waals surface area contributed by atoms with Crippen LogP contribution in [0.4, 0.5) is 13.6 Å². The van der Waals surface area contributed by atoms with Gasteiger partial charge in [0.15, 0.2) is 0 Å². The molecule has 0 aromatic heterocycles. The first kappa shape index (κ1) is 23.0. The van der Waals surface area contributed by atoms with Crippen molar-refractivity contribution in [2.75, 3.05) is 19.7 Å². The highest BCUT2D eigenvalue weighted by Crippen LogP contribution is 2.30. The van der Waals surface area contributed by atoms with Gasteiger partial charge < -0.3 is 20.1 Å². The number of hydrogen-bond acceptors (Lipinski definition) is 5. The van der Waals surface area contributed by atoms with Crippen LogP contribution in [0.5, 0.6) is 11.5 Å². The zero-order chi connectivity index (χ0) is 23.3. The van der Waals surface area contributed by atoms with Gasteiger partial charge in [-0.1, -0.05) is 24.3 Å². The van der Waals surface area contributed by atoms with E-state index in [4.69, 9.17) is 4.74 Å². The van der Waals surface area contributed by atoms with Crippen LogP contribution in [0.3, 0.4) is 0 Å². The van der Waals surface area contributed by atoms with Crippen molar-refractivity contribution >= 4 is 17.8 Å². The lowest BCUT2D eigenvalue weighted by Crippen LogP contribution is -2.43. The number of amides is 4. The summed E-state index contributed by atoms with van der Waals surface area (Å²) in [6.45, 7) is 0.396. The van der Waals surface area contributed by atoms with Crippen molar-refractivity contribution in [1.82, 2.24) is 15.5 Å². The summed E-state index contributed by atoms with van der Waals surface area (Å²) in [7, 11) is 0. The molecule has 0 aliphatic carbocycles. The Morgan fingerprint density at radius 1 is 1.16 bits per heavy atom. The summed E-state index contributed by atoms with van der Waals surface area (Å²) >= 11 is 0. The van der Waals surface area contributed by atoms with Crippen molar-refractivity contribution in [2.24, 2.45) is 0 Å². The van der Waals surface area contributed by atoms with Gasteiger partial charge in [-0.05, 0) is 49.2 Å². The number of imide groups is 1. The molecule has 1 atom stereocenters. The Hall–Kier alpha value is -3.69. The summed E-state index contributed by atoms with van der Waals surface area (Å²) in [4.78, 5) is 38.2. The van der Waals surface area contributed by atoms with Crippen molar-refractivity contribution in [3.05, 3.63) is 59.7 Å². The molecule has 2 aromatic rings. The highest BCUT2D eigenvalue weighted by Gasteiger charge is 2.49. The quantitative estimate of drug-likeness (QED) is 0.455. The Labute approximate surface area is 183 Å². The number of halogens is 2. The fourth-order valence-corrected chi connectivity index (χ4v) is 3.27. The first-order valence-electron chi connectivity index (χ1n) is 9.84. The number of benzene rings is 2. The minimum Gasteiger partial charge on any atom is -0.492 e. The van der Waals surface area contributed by atoms with E-state index in [2.05, 4.69) is 15.4 Å². The monoisotopic (exact) mass is 447 g/mol. The number of urea groups is 1. The lowest BCUT2D eigenvalue weighted by Gasteiger charge is -2.22. The molecule has 0 spiro atoms.